The Hall–Kier alpha value is -0.745. The van der Waals surface area contributed by atoms with E-state index in [2.05, 4.69) is 0 Å². The van der Waals surface area contributed by atoms with Crippen molar-refractivity contribution in [3.63, 3.8) is 0 Å². The van der Waals surface area contributed by atoms with Gasteiger partial charge in [0.25, 0.3) is 0 Å². The van der Waals surface area contributed by atoms with Gasteiger partial charge in [-0.3, -0.25) is 0 Å². The average molecular weight is 313 g/mol. The summed E-state index contributed by atoms with van der Waals surface area (Å²) >= 11 is 6.18. The summed E-state index contributed by atoms with van der Waals surface area (Å²) < 4.78 is 22.8. The van der Waals surface area contributed by atoms with Gasteiger partial charge in [-0.25, -0.2) is 0 Å². The van der Waals surface area contributed by atoms with Gasteiger partial charge in [-0.1, -0.05) is 11.6 Å². The third-order valence-electron chi connectivity index (χ3n) is 4.10. The molecule has 2 rings (SSSR count). The van der Waals surface area contributed by atoms with Crippen molar-refractivity contribution in [3.8, 4) is 5.75 Å². The molecule has 21 heavy (non-hydrogen) atoms. The molecule has 1 aromatic rings. The van der Waals surface area contributed by atoms with Crippen LogP contribution in [-0.4, -0.2) is 32.2 Å². The van der Waals surface area contributed by atoms with E-state index in [1.54, 1.807) is 7.11 Å². The number of rotatable bonds is 4. The van der Waals surface area contributed by atoms with E-state index in [0.29, 0.717) is 10.8 Å². The second-order valence-electron chi connectivity index (χ2n) is 6.28. The molecule has 0 amide bonds. The summed E-state index contributed by atoms with van der Waals surface area (Å²) in [4.78, 5) is 0. The van der Waals surface area contributed by atoms with Crippen molar-refractivity contribution < 1.29 is 18.8 Å². The van der Waals surface area contributed by atoms with E-state index in [-0.39, 0.29) is 6.79 Å². The molecule has 1 aliphatic heterocycles. The molecular formula is C15H22BClO4. The molecule has 1 fully saturated rings. The summed E-state index contributed by atoms with van der Waals surface area (Å²) in [5, 5.41) is 0.627. The molecule has 0 aliphatic carbocycles. The van der Waals surface area contributed by atoms with Gasteiger partial charge in [0, 0.05) is 17.6 Å². The molecule has 1 heterocycles. The smallest absolute Gasteiger partial charge is 0.468 e. The molecule has 0 atom stereocenters. The lowest BCUT2D eigenvalue weighted by molar-refractivity contribution is 0.00578. The van der Waals surface area contributed by atoms with Crippen LogP contribution >= 0.6 is 11.6 Å². The monoisotopic (exact) mass is 312 g/mol. The topological polar surface area (TPSA) is 36.9 Å². The van der Waals surface area contributed by atoms with Crippen molar-refractivity contribution in [1.82, 2.24) is 0 Å². The minimum Gasteiger partial charge on any atom is -0.468 e. The Balaban J connectivity index is 2.40. The fourth-order valence-electron chi connectivity index (χ4n) is 2.22. The van der Waals surface area contributed by atoms with Crippen molar-refractivity contribution in [2.75, 3.05) is 13.9 Å². The maximum Gasteiger partial charge on any atom is 0.498 e. The van der Waals surface area contributed by atoms with Gasteiger partial charge in [-0.2, -0.15) is 0 Å². The lowest BCUT2D eigenvalue weighted by Crippen LogP contribution is -2.41. The molecule has 1 aromatic carbocycles. The van der Waals surface area contributed by atoms with Crippen molar-refractivity contribution in [1.29, 1.82) is 0 Å². The maximum absolute atomic E-state index is 6.18. The van der Waals surface area contributed by atoms with Gasteiger partial charge < -0.3 is 18.8 Å². The molecule has 1 saturated heterocycles. The number of hydrogen-bond donors (Lipinski definition) is 0. The molecule has 4 nitrogen and oxygen atoms in total. The lowest BCUT2D eigenvalue weighted by atomic mass is 9.77. The van der Waals surface area contributed by atoms with Crippen LogP contribution in [0, 0.1) is 6.92 Å². The van der Waals surface area contributed by atoms with Gasteiger partial charge >= 0.3 is 7.12 Å². The quantitative estimate of drug-likeness (QED) is 0.633. The highest BCUT2D eigenvalue weighted by Gasteiger charge is 2.52. The molecule has 0 saturated carbocycles. The van der Waals surface area contributed by atoms with Crippen LogP contribution in [0.1, 0.15) is 33.3 Å². The van der Waals surface area contributed by atoms with Crippen LogP contribution in [0.25, 0.3) is 0 Å². The lowest BCUT2D eigenvalue weighted by Gasteiger charge is -2.32. The fourth-order valence-corrected chi connectivity index (χ4v) is 2.50. The predicted molar refractivity (Wildman–Crippen MR) is 84.4 cm³/mol. The van der Waals surface area contributed by atoms with E-state index >= 15 is 0 Å². The van der Waals surface area contributed by atoms with E-state index in [9.17, 15) is 0 Å². The molecule has 1 aliphatic rings. The molecule has 0 N–H and O–H groups in total. The summed E-state index contributed by atoms with van der Waals surface area (Å²) in [5.74, 6) is 0.694. The largest absolute Gasteiger partial charge is 0.498 e. The van der Waals surface area contributed by atoms with Crippen LogP contribution in [0.2, 0.25) is 5.02 Å². The molecule has 0 aromatic heterocycles. The van der Waals surface area contributed by atoms with E-state index in [0.717, 1.165) is 11.0 Å². The minimum absolute atomic E-state index is 0.162. The summed E-state index contributed by atoms with van der Waals surface area (Å²) in [7, 11) is 1.07. The minimum atomic E-state index is -0.515. The summed E-state index contributed by atoms with van der Waals surface area (Å²) in [6, 6.07) is 3.67. The normalized spacial score (nSPS) is 19.9. The summed E-state index contributed by atoms with van der Waals surface area (Å²) in [5.41, 5.74) is 0.888. The van der Waals surface area contributed by atoms with Gasteiger partial charge in [0.1, 0.15) is 5.75 Å². The number of aryl methyl sites for hydroxylation is 1. The van der Waals surface area contributed by atoms with E-state index in [1.165, 1.54) is 0 Å². The standard InChI is InChI=1S/C15H22BClO4/c1-10-7-11(17)8-12(13(10)19-9-18-6)16-20-14(2,3)15(4,5)21-16/h7-8H,9H2,1-6H3. The Labute approximate surface area is 131 Å². The first kappa shape index (κ1) is 16.6. The summed E-state index contributed by atoms with van der Waals surface area (Å²) in [6.07, 6.45) is 0. The number of halogens is 1. The van der Waals surface area contributed by atoms with E-state index in [1.807, 2.05) is 46.8 Å². The zero-order valence-electron chi connectivity index (χ0n) is 13.5. The Bertz CT molecular complexity index is 515. The van der Waals surface area contributed by atoms with Crippen LogP contribution in [0.3, 0.4) is 0 Å². The van der Waals surface area contributed by atoms with Gasteiger partial charge in [0.2, 0.25) is 0 Å². The van der Waals surface area contributed by atoms with E-state index in [4.69, 9.17) is 30.4 Å². The van der Waals surface area contributed by atoms with Gasteiger partial charge in [0.05, 0.1) is 11.2 Å². The molecule has 0 bridgehead atoms. The molecule has 6 heteroatoms. The zero-order valence-corrected chi connectivity index (χ0v) is 14.2. The van der Waals surface area contributed by atoms with Crippen molar-refractivity contribution in [2.45, 2.75) is 45.8 Å². The highest BCUT2D eigenvalue weighted by molar-refractivity contribution is 6.63. The molecule has 0 spiro atoms. The third-order valence-corrected chi connectivity index (χ3v) is 4.31. The Morgan fingerprint density at radius 1 is 1.14 bits per heavy atom. The van der Waals surface area contributed by atoms with Gasteiger partial charge in [-0.15, -0.1) is 0 Å². The third kappa shape index (κ3) is 3.21. The molecular weight excluding hydrogens is 290 g/mol. The van der Waals surface area contributed by atoms with Gasteiger partial charge in [0.15, 0.2) is 6.79 Å². The number of methoxy groups -OCH3 is 1. The second kappa shape index (κ2) is 5.80. The van der Waals surface area contributed by atoms with Crippen molar-refractivity contribution in [3.05, 3.63) is 22.7 Å². The SMILES string of the molecule is COCOc1c(C)cc(Cl)cc1B1OC(C)(C)C(C)(C)O1. The Morgan fingerprint density at radius 2 is 1.71 bits per heavy atom. The van der Waals surface area contributed by atoms with Crippen LogP contribution in [0.4, 0.5) is 0 Å². The van der Waals surface area contributed by atoms with Crippen LogP contribution in [-0.2, 0) is 14.0 Å². The van der Waals surface area contributed by atoms with Crippen molar-refractivity contribution >= 4 is 24.2 Å². The van der Waals surface area contributed by atoms with Crippen LogP contribution in [0.5, 0.6) is 5.75 Å². The number of benzene rings is 1. The number of hydrogen-bond acceptors (Lipinski definition) is 4. The van der Waals surface area contributed by atoms with E-state index < -0.39 is 18.3 Å². The average Bonchev–Trinajstić information content (AvgIpc) is 2.56. The fraction of sp³-hybridized carbons (Fsp3) is 0.600. The zero-order chi connectivity index (χ0) is 15.8. The Kier molecular flexibility index (Phi) is 4.59. The predicted octanol–water partition coefficient (Wildman–Crippen LogP) is 2.93. The second-order valence-corrected chi connectivity index (χ2v) is 6.72. The molecule has 0 unspecified atom stereocenters. The van der Waals surface area contributed by atoms with Crippen LogP contribution in [0.15, 0.2) is 12.1 Å². The first-order chi connectivity index (χ1) is 9.68. The van der Waals surface area contributed by atoms with Crippen LogP contribution < -0.4 is 10.2 Å². The first-order valence-corrected chi connectivity index (χ1v) is 7.33. The maximum atomic E-state index is 6.18. The first-order valence-electron chi connectivity index (χ1n) is 6.95. The number of ether oxygens (including phenoxy) is 2. The van der Waals surface area contributed by atoms with Crippen molar-refractivity contribution in [2.24, 2.45) is 0 Å². The highest BCUT2D eigenvalue weighted by atomic mass is 35.5. The Morgan fingerprint density at radius 3 is 2.24 bits per heavy atom. The molecule has 116 valence electrons. The highest BCUT2D eigenvalue weighted by Crippen LogP contribution is 2.37. The van der Waals surface area contributed by atoms with Gasteiger partial charge in [-0.05, 0) is 52.3 Å². The molecule has 0 radical (unpaired) electrons. The summed E-state index contributed by atoms with van der Waals surface area (Å²) in [6.45, 7) is 10.2.